The van der Waals surface area contributed by atoms with E-state index >= 15 is 0 Å². The molecule has 178 valence electrons. The summed E-state index contributed by atoms with van der Waals surface area (Å²) in [7, 11) is 3.21. The topological polar surface area (TPSA) is 77.1 Å². The first-order valence-corrected chi connectivity index (χ1v) is 11.1. The first-order chi connectivity index (χ1) is 16.6. The molecule has 7 heteroatoms. The summed E-state index contributed by atoms with van der Waals surface area (Å²) in [6.07, 6.45) is 0.161. The maximum atomic E-state index is 13.1. The Morgan fingerprint density at radius 1 is 0.765 bits per heavy atom. The molecule has 0 radical (unpaired) electrons. The summed E-state index contributed by atoms with van der Waals surface area (Å²) in [6.45, 7) is 0.889. The third kappa shape index (κ3) is 7.85. The Balaban J connectivity index is 1.60. The lowest BCUT2D eigenvalue weighted by Crippen LogP contribution is -2.39. The summed E-state index contributed by atoms with van der Waals surface area (Å²) >= 11 is 0. The van der Waals surface area contributed by atoms with Gasteiger partial charge in [-0.1, -0.05) is 42.5 Å². The van der Waals surface area contributed by atoms with Gasteiger partial charge in [0.25, 0.3) is 0 Å². The number of rotatable bonds is 12. The average molecular weight is 463 g/mol. The first kappa shape index (κ1) is 24.6. The number of hydrogen-bond donors (Lipinski definition) is 1. The molecular formula is C27H30N2O5. The number of carbonyl (C=O) groups excluding carboxylic acids is 2. The minimum absolute atomic E-state index is 0.0991. The molecule has 3 aromatic carbocycles. The molecule has 2 amide bonds. The number of benzene rings is 3. The Labute approximate surface area is 200 Å². The fraction of sp³-hybridized carbons (Fsp3) is 0.259. The van der Waals surface area contributed by atoms with Crippen LogP contribution in [0.1, 0.15) is 17.5 Å². The molecule has 0 aliphatic carbocycles. The normalized spacial score (nSPS) is 10.3. The summed E-state index contributed by atoms with van der Waals surface area (Å²) in [5.41, 5.74) is 1.86. The van der Waals surface area contributed by atoms with Crippen LogP contribution in [-0.4, -0.2) is 44.1 Å². The highest BCUT2D eigenvalue weighted by atomic mass is 16.5. The molecule has 0 bridgehead atoms. The second kappa shape index (κ2) is 12.9. The van der Waals surface area contributed by atoms with Gasteiger partial charge in [0.1, 0.15) is 17.2 Å². The van der Waals surface area contributed by atoms with Gasteiger partial charge in [-0.25, -0.2) is 0 Å². The van der Waals surface area contributed by atoms with Crippen molar-refractivity contribution in [3.8, 4) is 17.2 Å². The van der Waals surface area contributed by atoms with Crippen LogP contribution in [0.25, 0.3) is 0 Å². The van der Waals surface area contributed by atoms with E-state index in [1.54, 1.807) is 19.1 Å². The molecule has 0 heterocycles. The summed E-state index contributed by atoms with van der Waals surface area (Å²) in [5.74, 6) is 1.71. The van der Waals surface area contributed by atoms with Crippen molar-refractivity contribution < 1.29 is 23.8 Å². The fourth-order valence-corrected chi connectivity index (χ4v) is 3.37. The number of ether oxygens (including phenoxy) is 3. The lowest BCUT2D eigenvalue weighted by molar-refractivity contribution is -0.134. The van der Waals surface area contributed by atoms with E-state index < -0.39 is 0 Å². The molecule has 0 atom stereocenters. The van der Waals surface area contributed by atoms with E-state index in [4.69, 9.17) is 14.2 Å². The molecule has 0 aliphatic heterocycles. The predicted octanol–water partition coefficient (Wildman–Crippen LogP) is 3.82. The summed E-state index contributed by atoms with van der Waals surface area (Å²) in [6, 6.07) is 24.4. The van der Waals surface area contributed by atoms with Gasteiger partial charge in [-0.3, -0.25) is 9.59 Å². The third-order valence-corrected chi connectivity index (χ3v) is 5.15. The van der Waals surface area contributed by atoms with Gasteiger partial charge in [-0.2, -0.15) is 0 Å². The standard InChI is InChI=1S/C27H30N2O5/c1-32-24-12-6-8-21(16-24)19-29(20-22-9-7-13-25(17-22)33-2)27(31)18-28-26(30)14-15-34-23-10-4-3-5-11-23/h3-13,16-17H,14-15,18-20H2,1-2H3,(H,28,30). The number of methoxy groups -OCH3 is 2. The Kier molecular flexibility index (Phi) is 9.34. The Hall–Kier alpha value is -4.00. The second-order valence-electron chi connectivity index (χ2n) is 7.64. The van der Waals surface area contributed by atoms with Gasteiger partial charge in [0.05, 0.1) is 33.8 Å². The largest absolute Gasteiger partial charge is 0.497 e. The Morgan fingerprint density at radius 2 is 1.32 bits per heavy atom. The zero-order chi connectivity index (χ0) is 24.2. The Bertz CT molecular complexity index is 1020. The number of para-hydroxylation sites is 1. The number of nitrogens with one attached hydrogen (secondary N) is 1. The van der Waals surface area contributed by atoms with E-state index in [-0.39, 0.29) is 31.4 Å². The molecule has 3 rings (SSSR count). The van der Waals surface area contributed by atoms with Crippen molar-refractivity contribution >= 4 is 11.8 Å². The van der Waals surface area contributed by atoms with Crippen LogP contribution in [0.5, 0.6) is 17.2 Å². The van der Waals surface area contributed by atoms with E-state index in [0.717, 1.165) is 22.6 Å². The molecule has 1 N–H and O–H groups in total. The lowest BCUT2D eigenvalue weighted by atomic mass is 10.1. The van der Waals surface area contributed by atoms with Gasteiger partial charge in [0.15, 0.2) is 0 Å². The van der Waals surface area contributed by atoms with Crippen molar-refractivity contribution in [3.05, 3.63) is 90.0 Å². The van der Waals surface area contributed by atoms with E-state index in [0.29, 0.717) is 18.8 Å². The number of carbonyl (C=O) groups is 2. The van der Waals surface area contributed by atoms with Crippen molar-refractivity contribution in [1.29, 1.82) is 0 Å². The first-order valence-electron chi connectivity index (χ1n) is 11.1. The van der Waals surface area contributed by atoms with Gasteiger partial charge >= 0.3 is 0 Å². The molecule has 0 fully saturated rings. The van der Waals surface area contributed by atoms with Gasteiger partial charge in [-0.05, 0) is 47.5 Å². The van der Waals surface area contributed by atoms with Gasteiger partial charge in [0.2, 0.25) is 11.8 Å². The molecule has 0 saturated heterocycles. The van der Waals surface area contributed by atoms with Crippen molar-refractivity contribution in [2.45, 2.75) is 19.5 Å². The smallest absolute Gasteiger partial charge is 0.242 e. The summed E-state index contributed by atoms with van der Waals surface area (Å²) in [5, 5.41) is 2.71. The minimum atomic E-state index is -0.244. The zero-order valence-electron chi connectivity index (χ0n) is 19.5. The molecule has 0 saturated carbocycles. The van der Waals surface area contributed by atoms with Crippen LogP contribution < -0.4 is 19.5 Å². The predicted molar refractivity (Wildman–Crippen MR) is 130 cm³/mol. The van der Waals surface area contributed by atoms with Crippen LogP contribution >= 0.6 is 0 Å². The van der Waals surface area contributed by atoms with E-state index in [1.165, 1.54) is 0 Å². The molecule has 0 spiro atoms. The monoisotopic (exact) mass is 462 g/mol. The quantitative estimate of drug-likeness (QED) is 0.443. The van der Waals surface area contributed by atoms with Crippen molar-refractivity contribution in [3.63, 3.8) is 0 Å². The van der Waals surface area contributed by atoms with Crippen LogP contribution in [0.2, 0.25) is 0 Å². The summed E-state index contributed by atoms with van der Waals surface area (Å²) in [4.78, 5) is 27.0. The maximum Gasteiger partial charge on any atom is 0.242 e. The number of amides is 2. The van der Waals surface area contributed by atoms with Crippen molar-refractivity contribution in [1.82, 2.24) is 10.2 Å². The highest BCUT2D eigenvalue weighted by Gasteiger charge is 2.16. The summed E-state index contributed by atoms with van der Waals surface area (Å²) < 4.78 is 16.2. The van der Waals surface area contributed by atoms with Crippen LogP contribution in [0.3, 0.4) is 0 Å². The average Bonchev–Trinajstić information content (AvgIpc) is 2.87. The molecule has 0 aliphatic rings. The zero-order valence-corrected chi connectivity index (χ0v) is 19.5. The lowest BCUT2D eigenvalue weighted by Gasteiger charge is -2.24. The Morgan fingerprint density at radius 3 is 1.88 bits per heavy atom. The van der Waals surface area contributed by atoms with E-state index in [9.17, 15) is 9.59 Å². The van der Waals surface area contributed by atoms with E-state index in [1.807, 2.05) is 78.9 Å². The van der Waals surface area contributed by atoms with E-state index in [2.05, 4.69) is 5.32 Å². The van der Waals surface area contributed by atoms with Gasteiger partial charge in [-0.15, -0.1) is 0 Å². The molecule has 34 heavy (non-hydrogen) atoms. The van der Waals surface area contributed by atoms with Gasteiger partial charge < -0.3 is 24.4 Å². The fourth-order valence-electron chi connectivity index (χ4n) is 3.37. The van der Waals surface area contributed by atoms with Crippen LogP contribution in [0.4, 0.5) is 0 Å². The number of hydrogen-bond acceptors (Lipinski definition) is 5. The number of nitrogens with zero attached hydrogens (tertiary/aromatic N) is 1. The van der Waals surface area contributed by atoms with Crippen molar-refractivity contribution in [2.24, 2.45) is 0 Å². The highest BCUT2D eigenvalue weighted by Crippen LogP contribution is 2.18. The molecular weight excluding hydrogens is 432 g/mol. The second-order valence-corrected chi connectivity index (χ2v) is 7.64. The highest BCUT2D eigenvalue weighted by molar-refractivity contribution is 5.84. The third-order valence-electron chi connectivity index (χ3n) is 5.15. The molecule has 3 aromatic rings. The van der Waals surface area contributed by atoms with Crippen LogP contribution in [0.15, 0.2) is 78.9 Å². The van der Waals surface area contributed by atoms with Crippen LogP contribution in [-0.2, 0) is 22.7 Å². The molecule has 0 aromatic heterocycles. The van der Waals surface area contributed by atoms with Crippen LogP contribution in [0, 0.1) is 0 Å². The molecule has 0 unspecified atom stereocenters. The minimum Gasteiger partial charge on any atom is -0.497 e. The molecule has 7 nitrogen and oxygen atoms in total. The van der Waals surface area contributed by atoms with Gasteiger partial charge in [0, 0.05) is 13.1 Å². The van der Waals surface area contributed by atoms with Crippen molar-refractivity contribution in [2.75, 3.05) is 27.4 Å². The SMILES string of the molecule is COc1cccc(CN(Cc2cccc(OC)c2)C(=O)CNC(=O)CCOc2ccccc2)c1. The maximum absolute atomic E-state index is 13.1.